The molecule has 0 spiro atoms. The van der Waals surface area contributed by atoms with Crippen molar-refractivity contribution in [2.24, 2.45) is 0 Å². The fourth-order valence-corrected chi connectivity index (χ4v) is 5.56. The number of hydrogen-bond acceptors (Lipinski definition) is 4. The average Bonchev–Trinajstić information content (AvgIpc) is 2.92. The van der Waals surface area contributed by atoms with Crippen LogP contribution in [0.5, 0.6) is 5.75 Å². The number of hydrogen-bond donors (Lipinski definition) is 1. The van der Waals surface area contributed by atoms with Crippen molar-refractivity contribution < 1.29 is 31.1 Å². The molecule has 0 aliphatic heterocycles. The zero-order chi connectivity index (χ0) is 29.8. The summed E-state index contributed by atoms with van der Waals surface area (Å²) < 4.78 is 73.9. The molecule has 0 fully saturated rings. The Balaban J connectivity index is 1.51. The molecule has 0 aliphatic carbocycles. The summed E-state index contributed by atoms with van der Waals surface area (Å²) in [5, 5.41) is 2.57. The molecule has 0 aliphatic rings. The number of benzene rings is 4. The first kappa shape index (κ1) is 30.2. The summed E-state index contributed by atoms with van der Waals surface area (Å²) in [6.45, 7) is 1.28. The number of amides is 1. The molecule has 4 aromatic carbocycles. The number of ether oxygens (including phenoxy) is 1. The zero-order valence-corrected chi connectivity index (χ0v) is 23.8. The van der Waals surface area contributed by atoms with Gasteiger partial charge in [0.15, 0.2) is 6.61 Å². The lowest BCUT2D eigenvalue weighted by Gasteiger charge is -2.25. The first-order valence-electron chi connectivity index (χ1n) is 12.1. The second-order valence-corrected chi connectivity index (χ2v) is 11.7. The van der Waals surface area contributed by atoms with Gasteiger partial charge in [0.25, 0.3) is 15.9 Å². The van der Waals surface area contributed by atoms with Crippen LogP contribution in [0, 0.1) is 6.92 Å². The molecule has 214 valence electrons. The highest BCUT2D eigenvalue weighted by atomic mass is 35.5. The van der Waals surface area contributed by atoms with Crippen LogP contribution in [-0.4, -0.2) is 20.9 Å². The predicted octanol–water partition coefficient (Wildman–Crippen LogP) is 7.73. The Morgan fingerprint density at radius 3 is 2.10 bits per heavy atom. The monoisotopic (exact) mass is 622 g/mol. The van der Waals surface area contributed by atoms with E-state index in [0.29, 0.717) is 16.3 Å². The van der Waals surface area contributed by atoms with Crippen LogP contribution in [0.15, 0.2) is 95.9 Å². The molecule has 0 bridgehead atoms. The number of alkyl halides is 3. The van der Waals surface area contributed by atoms with Gasteiger partial charge >= 0.3 is 6.18 Å². The van der Waals surface area contributed by atoms with E-state index in [1.165, 1.54) is 46.8 Å². The number of rotatable bonds is 9. The Morgan fingerprint density at radius 1 is 0.878 bits per heavy atom. The van der Waals surface area contributed by atoms with Crippen molar-refractivity contribution in [3.05, 3.63) is 118 Å². The third kappa shape index (κ3) is 7.72. The van der Waals surface area contributed by atoms with Crippen LogP contribution < -0.4 is 14.4 Å². The molecule has 0 radical (unpaired) electrons. The molecule has 0 heterocycles. The summed E-state index contributed by atoms with van der Waals surface area (Å²) >= 11 is 11.7. The van der Waals surface area contributed by atoms with Crippen molar-refractivity contribution in [3.8, 4) is 5.75 Å². The molecule has 0 saturated carbocycles. The Bertz CT molecular complexity index is 1630. The fourth-order valence-electron chi connectivity index (χ4n) is 3.81. The molecule has 1 amide bonds. The summed E-state index contributed by atoms with van der Waals surface area (Å²) in [6, 6.07) is 22.2. The summed E-state index contributed by atoms with van der Waals surface area (Å²) in [6.07, 6.45) is -4.72. The standard InChI is InChI=1S/C29H23Cl2F3N2O4S/c1-19-2-13-25(14-3-19)41(38,39)36(17-20-4-6-21(30)7-5-20)23-9-11-24(12-10-23)40-18-28(37)35-27-15-8-22(31)16-26(27)29(32,33)34/h2-16H,17-18H2,1H3,(H,35,37). The van der Waals surface area contributed by atoms with Crippen LogP contribution in [0.25, 0.3) is 0 Å². The number of anilines is 2. The van der Waals surface area contributed by atoms with Crippen LogP contribution in [0.3, 0.4) is 0 Å². The van der Waals surface area contributed by atoms with Crippen molar-refractivity contribution in [2.45, 2.75) is 24.5 Å². The molecular formula is C29H23Cl2F3N2O4S. The number of nitrogens with zero attached hydrogens (tertiary/aromatic N) is 1. The number of aryl methyl sites for hydroxylation is 1. The van der Waals surface area contributed by atoms with E-state index in [1.807, 2.05) is 6.92 Å². The Kier molecular flexibility index (Phi) is 9.16. The molecule has 4 aromatic rings. The Morgan fingerprint density at radius 2 is 1.49 bits per heavy atom. The van der Waals surface area contributed by atoms with E-state index in [-0.39, 0.29) is 22.2 Å². The first-order valence-corrected chi connectivity index (χ1v) is 14.3. The lowest BCUT2D eigenvalue weighted by Crippen LogP contribution is -2.30. The third-order valence-corrected chi connectivity index (χ3v) is 8.18. The zero-order valence-electron chi connectivity index (χ0n) is 21.5. The molecule has 12 heteroatoms. The first-order chi connectivity index (χ1) is 19.3. The van der Waals surface area contributed by atoms with Crippen molar-refractivity contribution in [2.75, 3.05) is 16.2 Å². The maximum absolute atomic E-state index is 13.6. The highest BCUT2D eigenvalue weighted by Gasteiger charge is 2.34. The molecule has 1 N–H and O–H groups in total. The van der Waals surface area contributed by atoms with Crippen molar-refractivity contribution in [3.63, 3.8) is 0 Å². The second-order valence-electron chi connectivity index (χ2n) is 8.97. The highest BCUT2D eigenvalue weighted by Crippen LogP contribution is 2.36. The second kappa shape index (κ2) is 12.4. The fraction of sp³-hybridized carbons (Fsp3) is 0.138. The van der Waals surface area contributed by atoms with Gasteiger partial charge in [-0.05, 0) is 79.2 Å². The number of nitrogens with one attached hydrogen (secondary N) is 1. The maximum Gasteiger partial charge on any atom is 0.418 e. The van der Waals surface area contributed by atoms with Gasteiger partial charge in [-0.1, -0.05) is 53.0 Å². The molecule has 6 nitrogen and oxygen atoms in total. The molecule has 0 unspecified atom stereocenters. The van der Waals surface area contributed by atoms with Crippen molar-refractivity contribution in [1.82, 2.24) is 0 Å². The Labute approximate surface area is 245 Å². The molecule has 4 rings (SSSR count). The highest BCUT2D eigenvalue weighted by molar-refractivity contribution is 7.92. The number of halogens is 5. The van der Waals surface area contributed by atoms with Gasteiger partial charge in [0.1, 0.15) is 5.75 Å². The molecular weight excluding hydrogens is 600 g/mol. The van der Waals surface area contributed by atoms with Crippen LogP contribution in [0.4, 0.5) is 24.5 Å². The number of carbonyl (C=O) groups excluding carboxylic acids is 1. The maximum atomic E-state index is 13.6. The van der Waals surface area contributed by atoms with Crippen LogP contribution in [-0.2, 0) is 27.5 Å². The quantitative estimate of drug-likeness (QED) is 0.207. The van der Waals surface area contributed by atoms with E-state index in [1.54, 1.807) is 36.4 Å². The summed E-state index contributed by atoms with van der Waals surface area (Å²) in [5.41, 5.74) is 0.392. The van der Waals surface area contributed by atoms with E-state index < -0.39 is 40.0 Å². The van der Waals surface area contributed by atoms with Crippen LogP contribution in [0.1, 0.15) is 16.7 Å². The topological polar surface area (TPSA) is 75.7 Å². The van der Waals surface area contributed by atoms with Crippen LogP contribution in [0.2, 0.25) is 10.0 Å². The van der Waals surface area contributed by atoms with Gasteiger partial charge < -0.3 is 10.1 Å². The third-order valence-electron chi connectivity index (χ3n) is 5.90. The van der Waals surface area contributed by atoms with Gasteiger partial charge in [0.05, 0.1) is 28.4 Å². The van der Waals surface area contributed by atoms with Gasteiger partial charge in [0.2, 0.25) is 0 Å². The SMILES string of the molecule is Cc1ccc(S(=O)(=O)N(Cc2ccc(Cl)cc2)c2ccc(OCC(=O)Nc3ccc(Cl)cc3C(F)(F)F)cc2)cc1. The number of carbonyl (C=O) groups is 1. The van der Waals surface area contributed by atoms with Gasteiger partial charge in [-0.15, -0.1) is 0 Å². The van der Waals surface area contributed by atoms with Gasteiger partial charge in [-0.25, -0.2) is 8.42 Å². The minimum atomic E-state index is -4.72. The smallest absolute Gasteiger partial charge is 0.418 e. The lowest BCUT2D eigenvalue weighted by atomic mass is 10.1. The molecule has 0 saturated heterocycles. The number of sulfonamides is 1. The minimum absolute atomic E-state index is 0.0125. The minimum Gasteiger partial charge on any atom is -0.484 e. The average molecular weight is 623 g/mol. The van der Waals surface area contributed by atoms with E-state index in [4.69, 9.17) is 27.9 Å². The predicted molar refractivity (Wildman–Crippen MR) is 153 cm³/mol. The van der Waals surface area contributed by atoms with Gasteiger partial charge in [-0.3, -0.25) is 9.10 Å². The van der Waals surface area contributed by atoms with E-state index in [9.17, 15) is 26.4 Å². The summed E-state index contributed by atoms with van der Waals surface area (Å²) in [7, 11) is -3.98. The molecule has 0 atom stereocenters. The largest absolute Gasteiger partial charge is 0.484 e. The van der Waals surface area contributed by atoms with Crippen LogP contribution >= 0.6 is 23.2 Å². The van der Waals surface area contributed by atoms with Gasteiger partial charge in [0, 0.05) is 10.0 Å². The van der Waals surface area contributed by atoms with E-state index in [2.05, 4.69) is 5.32 Å². The lowest BCUT2D eigenvalue weighted by molar-refractivity contribution is -0.137. The van der Waals surface area contributed by atoms with E-state index in [0.717, 1.165) is 17.7 Å². The van der Waals surface area contributed by atoms with Gasteiger partial charge in [-0.2, -0.15) is 13.2 Å². The normalized spacial score (nSPS) is 11.7. The summed E-state index contributed by atoms with van der Waals surface area (Å²) in [4.78, 5) is 12.4. The molecule has 41 heavy (non-hydrogen) atoms. The van der Waals surface area contributed by atoms with E-state index >= 15 is 0 Å². The Hall–Kier alpha value is -3.73. The van der Waals surface area contributed by atoms with Crippen molar-refractivity contribution >= 4 is 50.5 Å². The summed E-state index contributed by atoms with van der Waals surface area (Å²) in [5.74, 6) is -0.622. The molecule has 0 aromatic heterocycles. The van der Waals surface area contributed by atoms with Crippen molar-refractivity contribution in [1.29, 1.82) is 0 Å².